The molecule has 0 radical (unpaired) electrons. The lowest BCUT2D eigenvalue weighted by Gasteiger charge is -2.21. The van der Waals surface area contributed by atoms with Crippen molar-refractivity contribution in [3.05, 3.63) is 35.2 Å². The maximum absolute atomic E-state index is 11.9. The Hall–Kier alpha value is -2.32. The van der Waals surface area contributed by atoms with E-state index in [4.69, 9.17) is 4.74 Å². The van der Waals surface area contributed by atoms with Crippen LogP contribution in [0.1, 0.15) is 23.4 Å². The Labute approximate surface area is 140 Å². The summed E-state index contributed by atoms with van der Waals surface area (Å²) in [4.78, 5) is 13.8. The number of nitrogens with zero attached hydrogens (tertiary/aromatic N) is 5. The van der Waals surface area contributed by atoms with Gasteiger partial charge in [0.25, 0.3) is 0 Å². The summed E-state index contributed by atoms with van der Waals surface area (Å²) in [6.07, 6.45) is -0.198. The third kappa shape index (κ3) is 3.02. The molecule has 2 atom stereocenters. The molecule has 0 amide bonds. The highest BCUT2D eigenvalue weighted by Crippen LogP contribution is 2.23. The predicted octanol–water partition coefficient (Wildman–Crippen LogP) is 0.387. The molecule has 1 aromatic heterocycles. The fourth-order valence-electron chi connectivity index (χ4n) is 3.23. The van der Waals surface area contributed by atoms with Crippen LogP contribution < -0.4 is 0 Å². The van der Waals surface area contributed by atoms with Gasteiger partial charge in [0.2, 0.25) is 0 Å². The lowest BCUT2D eigenvalue weighted by atomic mass is 10.1. The first kappa shape index (κ1) is 16.5. The van der Waals surface area contributed by atoms with Crippen molar-refractivity contribution in [1.82, 2.24) is 25.1 Å². The van der Waals surface area contributed by atoms with Crippen molar-refractivity contribution in [2.45, 2.75) is 39.0 Å². The second kappa shape index (κ2) is 6.66. The third-order valence-electron chi connectivity index (χ3n) is 4.38. The smallest absolute Gasteiger partial charge is 0.323 e. The molecule has 8 heteroatoms. The van der Waals surface area contributed by atoms with Crippen molar-refractivity contribution in [3.63, 3.8) is 0 Å². The van der Waals surface area contributed by atoms with Crippen LogP contribution in [0.5, 0.6) is 0 Å². The van der Waals surface area contributed by atoms with Crippen LogP contribution in [0.2, 0.25) is 0 Å². The van der Waals surface area contributed by atoms with Gasteiger partial charge >= 0.3 is 5.97 Å². The highest BCUT2D eigenvalue weighted by molar-refractivity contribution is 5.76. The Morgan fingerprint density at radius 3 is 2.75 bits per heavy atom. The molecule has 1 fully saturated rings. The Kier molecular flexibility index (Phi) is 4.59. The average molecular weight is 331 g/mol. The number of aromatic nitrogens is 4. The van der Waals surface area contributed by atoms with Crippen LogP contribution in [-0.4, -0.2) is 62.0 Å². The number of tetrazole rings is 1. The number of hydrogen-bond donors (Lipinski definition) is 1. The largest absolute Gasteiger partial charge is 0.468 e. The molecule has 1 aliphatic rings. The first-order valence-corrected chi connectivity index (χ1v) is 7.85. The molecule has 1 saturated heterocycles. The van der Waals surface area contributed by atoms with Gasteiger partial charge in [-0.05, 0) is 35.4 Å². The van der Waals surface area contributed by atoms with Crippen molar-refractivity contribution in [2.75, 3.05) is 13.7 Å². The second-order valence-corrected chi connectivity index (χ2v) is 6.11. The zero-order valence-electron chi connectivity index (χ0n) is 14.0. The van der Waals surface area contributed by atoms with Gasteiger partial charge in [-0.2, -0.15) is 4.68 Å². The summed E-state index contributed by atoms with van der Waals surface area (Å²) in [6, 6.07) is 5.52. The molecule has 0 unspecified atom stereocenters. The van der Waals surface area contributed by atoms with Crippen LogP contribution in [-0.2, 0) is 16.1 Å². The maximum atomic E-state index is 11.9. The minimum Gasteiger partial charge on any atom is -0.468 e. The minimum atomic E-state index is -0.557. The second-order valence-electron chi connectivity index (χ2n) is 6.11. The standard InChI is InChI=1S/C16H21N5O3/c1-10-5-4-6-11(2)15(10)21-14(17-18-19-21)9-20-8-12(22)7-13(20)16(23)24-3/h4-6,12-13,22H,7-9H2,1-3H3/t12-,13+/m1/s1. The van der Waals surface area contributed by atoms with Crippen molar-refractivity contribution in [2.24, 2.45) is 0 Å². The number of carbonyl (C=O) groups is 1. The topological polar surface area (TPSA) is 93.4 Å². The summed E-state index contributed by atoms with van der Waals surface area (Å²) in [6.45, 7) is 4.76. The highest BCUT2D eigenvalue weighted by atomic mass is 16.5. The van der Waals surface area contributed by atoms with Gasteiger partial charge in [0.1, 0.15) is 6.04 Å². The summed E-state index contributed by atoms with van der Waals surface area (Å²) >= 11 is 0. The molecule has 2 aromatic rings. The number of benzene rings is 1. The number of likely N-dealkylation sites (tertiary alicyclic amines) is 1. The van der Waals surface area contributed by atoms with Gasteiger partial charge in [-0.1, -0.05) is 18.2 Å². The predicted molar refractivity (Wildman–Crippen MR) is 85.5 cm³/mol. The Morgan fingerprint density at radius 1 is 1.38 bits per heavy atom. The number of para-hydroxylation sites is 1. The van der Waals surface area contributed by atoms with E-state index in [1.165, 1.54) is 7.11 Å². The van der Waals surface area contributed by atoms with Gasteiger partial charge in [-0.3, -0.25) is 9.69 Å². The van der Waals surface area contributed by atoms with E-state index < -0.39 is 12.1 Å². The lowest BCUT2D eigenvalue weighted by Crippen LogP contribution is -2.37. The Morgan fingerprint density at radius 2 is 2.08 bits per heavy atom. The van der Waals surface area contributed by atoms with E-state index in [0.29, 0.717) is 25.3 Å². The number of ether oxygens (including phenoxy) is 1. The fourth-order valence-corrected chi connectivity index (χ4v) is 3.23. The fraction of sp³-hybridized carbons (Fsp3) is 0.500. The molecule has 0 bridgehead atoms. The summed E-state index contributed by atoms with van der Waals surface area (Å²) in [7, 11) is 1.35. The van der Waals surface area contributed by atoms with Crippen LogP contribution in [0.15, 0.2) is 18.2 Å². The number of esters is 1. The molecule has 0 spiro atoms. The summed E-state index contributed by atoms with van der Waals surface area (Å²) in [5.41, 5.74) is 3.07. The van der Waals surface area contributed by atoms with Crippen LogP contribution in [0, 0.1) is 13.8 Å². The molecular formula is C16H21N5O3. The van der Waals surface area contributed by atoms with Crippen molar-refractivity contribution in [3.8, 4) is 5.69 Å². The molecule has 1 aromatic carbocycles. The van der Waals surface area contributed by atoms with E-state index in [0.717, 1.165) is 16.8 Å². The number of rotatable bonds is 4. The van der Waals surface area contributed by atoms with E-state index in [9.17, 15) is 9.90 Å². The monoisotopic (exact) mass is 331 g/mol. The van der Waals surface area contributed by atoms with Gasteiger partial charge in [0, 0.05) is 13.0 Å². The molecule has 2 heterocycles. The maximum Gasteiger partial charge on any atom is 0.323 e. The summed E-state index contributed by atoms with van der Waals surface area (Å²) < 4.78 is 6.53. The van der Waals surface area contributed by atoms with Gasteiger partial charge in [0.15, 0.2) is 5.82 Å². The van der Waals surface area contributed by atoms with E-state index >= 15 is 0 Å². The van der Waals surface area contributed by atoms with Crippen molar-refractivity contribution in [1.29, 1.82) is 0 Å². The first-order chi connectivity index (χ1) is 11.5. The van der Waals surface area contributed by atoms with Gasteiger partial charge in [0.05, 0.1) is 25.4 Å². The van der Waals surface area contributed by atoms with Crippen LogP contribution >= 0.6 is 0 Å². The van der Waals surface area contributed by atoms with Gasteiger partial charge in [-0.25, -0.2) is 0 Å². The molecule has 128 valence electrons. The zero-order valence-corrected chi connectivity index (χ0v) is 14.0. The lowest BCUT2D eigenvalue weighted by molar-refractivity contribution is -0.146. The number of hydrogen-bond acceptors (Lipinski definition) is 7. The summed E-state index contributed by atoms with van der Waals surface area (Å²) in [5, 5.41) is 21.9. The normalized spacial score (nSPS) is 21.2. The van der Waals surface area contributed by atoms with Crippen molar-refractivity contribution >= 4 is 5.97 Å². The van der Waals surface area contributed by atoms with Crippen molar-refractivity contribution < 1.29 is 14.6 Å². The Balaban J connectivity index is 1.90. The number of methoxy groups -OCH3 is 1. The number of aliphatic hydroxyl groups is 1. The van der Waals surface area contributed by atoms with E-state index in [1.807, 2.05) is 36.9 Å². The Bertz CT molecular complexity index is 725. The highest BCUT2D eigenvalue weighted by Gasteiger charge is 2.37. The molecule has 24 heavy (non-hydrogen) atoms. The molecule has 0 aliphatic carbocycles. The zero-order chi connectivity index (χ0) is 17.3. The molecule has 0 saturated carbocycles. The van der Waals surface area contributed by atoms with Gasteiger partial charge < -0.3 is 9.84 Å². The number of aryl methyl sites for hydroxylation is 2. The van der Waals surface area contributed by atoms with Gasteiger partial charge in [-0.15, -0.1) is 5.10 Å². The van der Waals surface area contributed by atoms with Crippen LogP contribution in [0.4, 0.5) is 0 Å². The van der Waals surface area contributed by atoms with Crippen LogP contribution in [0.3, 0.4) is 0 Å². The molecule has 1 N–H and O–H groups in total. The van der Waals surface area contributed by atoms with E-state index in [-0.39, 0.29) is 5.97 Å². The first-order valence-electron chi connectivity index (χ1n) is 7.85. The summed E-state index contributed by atoms with van der Waals surface area (Å²) in [5.74, 6) is 0.271. The molecule has 1 aliphatic heterocycles. The SMILES string of the molecule is COC(=O)[C@@H]1C[C@@H](O)CN1Cc1nnnn1-c1c(C)cccc1C. The number of carbonyl (C=O) groups excluding carboxylic acids is 1. The molecule has 8 nitrogen and oxygen atoms in total. The quantitative estimate of drug-likeness (QED) is 0.810. The molecular weight excluding hydrogens is 310 g/mol. The van der Waals surface area contributed by atoms with E-state index in [1.54, 1.807) is 4.68 Å². The number of β-amino-alcohol motifs (C(OH)–C–C–N with tert-alkyl or cyclic N) is 1. The number of aliphatic hydroxyl groups excluding tert-OH is 1. The van der Waals surface area contributed by atoms with E-state index in [2.05, 4.69) is 15.5 Å². The van der Waals surface area contributed by atoms with Crippen LogP contribution in [0.25, 0.3) is 5.69 Å². The third-order valence-corrected chi connectivity index (χ3v) is 4.38. The average Bonchev–Trinajstić information content (AvgIpc) is 3.14. The molecule has 3 rings (SSSR count). The minimum absolute atomic E-state index is 0.349.